The number of piperazine rings is 1. The van der Waals surface area contributed by atoms with Crippen molar-refractivity contribution in [3.8, 4) is 0 Å². The molecule has 2 aliphatic rings. The first-order valence-electron chi connectivity index (χ1n) is 9.47. The highest BCUT2D eigenvalue weighted by atomic mass is 32.2. The van der Waals surface area contributed by atoms with E-state index in [1.165, 1.54) is 23.3 Å². The standard InChI is InChI=1S/C19H26FN3O5S/c1-21-16(24)13-28-18(17(21)14-4-3-5-15(20)12-14)19(25)23-8-6-22(7-9-23)10-11-29(2,26)27/h3-5,12,17-18H,6-11,13H2,1-2H3. The molecule has 0 saturated carbocycles. The molecule has 160 valence electrons. The molecule has 1 aromatic rings. The van der Waals surface area contributed by atoms with E-state index >= 15 is 0 Å². The van der Waals surface area contributed by atoms with Gasteiger partial charge in [-0.05, 0) is 17.7 Å². The molecule has 2 aliphatic heterocycles. The van der Waals surface area contributed by atoms with Crippen LogP contribution in [-0.2, 0) is 24.2 Å². The summed E-state index contributed by atoms with van der Waals surface area (Å²) in [6, 6.07) is 5.13. The number of morpholine rings is 1. The summed E-state index contributed by atoms with van der Waals surface area (Å²) in [6.45, 7) is 2.24. The van der Waals surface area contributed by atoms with Crippen molar-refractivity contribution in [1.82, 2.24) is 14.7 Å². The first-order chi connectivity index (χ1) is 13.7. The van der Waals surface area contributed by atoms with Crippen LogP contribution in [0.5, 0.6) is 0 Å². The molecule has 0 aromatic heterocycles. The van der Waals surface area contributed by atoms with Gasteiger partial charge in [0.15, 0.2) is 6.10 Å². The second-order valence-corrected chi connectivity index (χ2v) is 9.79. The minimum atomic E-state index is -3.03. The zero-order chi connectivity index (χ0) is 21.2. The molecule has 0 aliphatic carbocycles. The Hall–Kier alpha value is -2.04. The van der Waals surface area contributed by atoms with Crippen LogP contribution in [0.15, 0.2) is 24.3 Å². The van der Waals surface area contributed by atoms with Gasteiger partial charge in [-0.3, -0.25) is 14.5 Å². The summed E-state index contributed by atoms with van der Waals surface area (Å²) < 4.78 is 42.0. The van der Waals surface area contributed by atoms with Crippen LogP contribution in [0.4, 0.5) is 4.39 Å². The van der Waals surface area contributed by atoms with Gasteiger partial charge in [-0.1, -0.05) is 12.1 Å². The van der Waals surface area contributed by atoms with Gasteiger partial charge in [0.1, 0.15) is 22.3 Å². The Kier molecular flexibility index (Phi) is 6.55. The van der Waals surface area contributed by atoms with Crippen LogP contribution in [-0.4, -0.2) is 99.4 Å². The molecule has 0 bridgehead atoms. The first kappa shape index (κ1) is 21.7. The van der Waals surface area contributed by atoms with Crippen LogP contribution >= 0.6 is 0 Å². The maximum Gasteiger partial charge on any atom is 0.254 e. The molecule has 0 radical (unpaired) electrons. The Morgan fingerprint density at radius 3 is 2.55 bits per heavy atom. The molecule has 1 aromatic carbocycles. The van der Waals surface area contributed by atoms with E-state index in [4.69, 9.17) is 4.74 Å². The molecule has 3 rings (SSSR count). The van der Waals surface area contributed by atoms with Crippen molar-refractivity contribution < 1.29 is 27.1 Å². The van der Waals surface area contributed by atoms with Gasteiger partial charge in [0.05, 0.1) is 11.8 Å². The molecule has 0 N–H and O–H groups in total. The van der Waals surface area contributed by atoms with Crippen molar-refractivity contribution in [2.45, 2.75) is 12.1 Å². The van der Waals surface area contributed by atoms with E-state index in [0.29, 0.717) is 38.3 Å². The normalized spacial score (nSPS) is 24.0. The van der Waals surface area contributed by atoms with Gasteiger partial charge in [0.2, 0.25) is 5.91 Å². The minimum Gasteiger partial charge on any atom is -0.356 e. The molecule has 2 atom stereocenters. The van der Waals surface area contributed by atoms with E-state index in [9.17, 15) is 22.4 Å². The van der Waals surface area contributed by atoms with Crippen LogP contribution in [0.25, 0.3) is 0 Å². The van der Waals surface area contributed by atoms with Gasteiger partial charge in [-0.15, -0.1) is 0 Å². The van der Waals surface area contributed by atoms with Crippen LogP contribution in [0.2, 0.25) is 0 Å². The largest absolute Gasteiger partial charge is 0.356 e. The monoisotopic (exact) mass is 427 g/mol. The van der Waals surface area contributed by atoms with Crippen LogP contribution in [0.3, 0.4) is 0 Å². The molecule has 2 unspecified atom stereocenters. The summed E-state index contributed by atoms with van der Waals surface area (Å²) in [4.78, 5) is 30.4. The van der Waals surface area contributed by atoms with Crippen molar-refractivity contribution in [2.24, 2.45) is 0 Å². The Morgan fingerprint density at radius 2 is 1.93 bits per heavy atom. The number of rotatable bonds is 5. The smallest absolute Gasteiger partial charge is 0.254 e. The van der Waals surface area contributed by atoms with E-state index in [1.54, 1.807) is 24.1 Å². The Balaban J connectivity index is 1.69. The third-order valence-electron chi connectivity index (χ3n) is 5.38. The molecule has 8 nitrogen and oxygen atoms in total. The predicted molar refractivity (Wildman–Crippen MR) is 104 cm³/mol. The van der Waals surface area contributed by atoms with Gasteiger partial charge in [0.25, 0.3) is 5.91 Å². The van der Waals surface area contributed by atoms with Crippen molar-refractivity contribution in [3.63, 3.8) is 0 Å². The quantitative estimate of drug-likeness (QED) is 0.653. The Bertz CT molecular complexity index is 870. The number of ether oxygens (including phenoxy) is 1. The number of nitrogens with zero attached hydrogens (tertiary/aromatic N) is 3. The van der Waals surface area contributed by atoms with Crippen molar-refractivity contribution >= 4 is 21.7 Å². The molecule has 29 heavy (non-hydrogen) atoms. The average molecular weight is 427 g/mol. The maximum atomic E-state index is 13.7. The fourth-order valence-corrected chi connectivity index (χ4v) is 4.26. The van der Waals surface area contributed by atoms with Crippen molar-refractivity contribution in [3.05, 3.63) is 35.6 Å². The van der Waals surface area contributed by atoms with Crippen molar-refractivity contribution in [2.75, 3.05) is 58.4 Å². The lowest BCUT2D eigenvalue weighted by atomic mass is 9.97. The zero-order valence-corrected chi connectivity index (χ0v) is 17.4. The highest BCUT2D eigenvalue weighted by molar-refractivity contribution is 7.90. The van der Waals surface area contributed by atoms with E-state index in [-0.39, 0.29) is 24.2 Å². The number of hydrogen-bond acceptors (Lipinski definition) is 6. The number of halogens is 1. The highest BCUT2D eigenvalue weighted by Gasteiger charge is 2.42. The van der Waals surface area contributed by atoms with E-state index in [2.05, 4.69) is 0 Å². The number of benzene rings is 1. The highest BCUT2D eigenvalue weighted by Crippen LogP contribution is 2.30. The van der Waals surface area contributed by atoms with Gasteiger partial charge in [-0.2, -0.15) is 0 Å². The van der Waals surface area contributed by atoms with E-state index < -0.39 is 27.8 Å². The van der Waals surface area contributed by atoms with Gasteiger partial charge >= 0.3 is 0 Å². The second kappa shape index (κ2) is 8.76. The topological polar surface area (TPSA) is 87.2 Å². The van der Waals surface area contributed by atoms with Gasteiger partial charge < -0.3 is 14.5 Å². The summed E-state index contributed by atoms with van der Waals surface area (Å²) in [5, 5.41) is 0. The maximum absolute atomic E-state index is 13.7. The van der Waals surface area contributed by atoms with Crippen LogP contribution in [0.1, 0.15) is 11.6 Å². The Morgan fingerprint density at radius 1 is 1.24 bits per heavy atom. The zero-order valence-electron chi connectivity index (χ0n) is 16.6. The molecule has 2 heterocycles. The number of hydrogen-bond donors (Lipinski definition) is 0. The molecular formula is C19H26FN3O5S. The summed E-state index contributed by atoms with van der Waals surface area (Å²) in [5.74, 6) is -0.879. The number of sulfone groups is 1. The van der Waals surface area contributed by atoms with Crippen LogP contribution < -0.4 is 0 Å². The SMILES string of the molecule is CN1C(=O)COC(C(=O)N2CCN(CCS(C)(=O)=O)CC2)C1c1cccc(F)c1. The summed E-state index contributed by atoms with van der Waals surface area (Å²) in [7, 11) is -1.45. The van der Waals surface area contributed by atoms with Gasteiger partial charge in [-0.25, -0.2) is 12.8 Å². The molecular weight excluding hydrogens is 401 g/mol. The lowest BCUT2D eigenvalue weighted by molar-refractivity contribution is -0.168. The fraction of sp³-hybridized carbons (Fsp3) is 0.579. The third kappa shape index (κ3) is 5.31. The lowest BCUT2D eigenvalue weighted by Crippen LogP contribution is -2.57. The first-order valence-corrected chi connectivity index (χ1v) is 11.5. The molecule has 2 amide bonds. The Labute approximate surface area is 170 Å². The summed E-state index contributed by atoms with van der Waals surface area (Å²) in [6.07, 6.45) is 0.291. The number of likely N-dealkylation sites (N-methyl/N-ethyl adjacent to an activating group) is 1. The third-order valence-corrected chi connectivity index (χ3v) is 6.30. The second-order valence-electron chi connectivity index (χ2n) is 7.53. The minimum absolute atomic E-state index is 0.0846. The molecule has 10 heteroatoms. The van der Waals surface area contributed by atoms with Crippen molar-refractivity contribution in [1.29, 1.82) is 0 Å². The molecule has 0 spiro atoms. The number of amides is 2. The molecule has 2 saturated heterocycles. The van der Waals surface area contributed by atoms with Crippen LogP contribution in [0, 0.1) is 5.82 Å². The fourth-order valence-electron chi connectivity index (χ4n) is 3.67. The lowest BCUT2D eigenvalue weighted by Gasteiger charge is -2.42. The van der Waals surface area contributed by atoms with E-state index in [0.717, 1.165) is 0 Å². The summed E-state index contributed by atoms with van der Waals surface area (Å²) in [5.41, 5.74) is 0.505. The van der Waals surface area contributed by atoms with E-state index in [1.807, 2.05) is 4.90 Å². The number of carbonyl (C=O) groups excluding carboxylic acids is 2. The van der Waals surface area contributed by atoms with Gasteiger partial charge in [0, 0.05) is 46.0 Å². The predicted octanol–water partition coefficient (Wildman–Crippen LogP) is -0.0872. The molecule has 2 fully saturated rings. The average Bonchev–Trinajstić information content (AvgIpc) is 2.67. The summed E-state index contributed by atoms with van der Waals surface area (Å²) >= 11 is 0. The number of carbonyl (C=O) groups is 2.